The molecule has 0 radical (unpaired) electrons. The monoisotopic (exact) mass is 968 g/mol. The highest BCUT2D eigenvalue weighted by Crippen LogP contribution is 2.22. The molecule has 356 valence electrons. The fourth-order valence-corrected chi connectivity index (χ4v) is 7.32. The number of carbonyl (C=O) groups is 2. The minimum Gasteiger partial charge on any atom is -0.478 e. The van der Waals surface area contributed by atoms with E-state index in [1.54, 1.807) is 44.9 Å². The van der Waals surface area contributed by atoms with Crippen LogP contribution in [0.2, 0.25) is 10.0 Å². The lowest BCUT2D eigenvalue weighted by atomic mass is 10.0. The van der Waals surface area contributed by atoms with Gasteiger partial charge in [-0.25, -0.2) is 14.8 Å². The van der Waals surface area contributed by atoms with Gasteiger partial charge in [-0.15, -0.1) is 0 Å². The number of carbonyl (C=O) groups excluding carboxylic acids is 1. The Hall–Kier alpha value is -7.14. The molecule has 0 saturated heterocycles. The van der Waals surface area contributed by atoms with E-state index in [1.165, 1.54) is 12.3 Å². The number of methoxy groups -OCH3 is 2. The average Bonchev–Trinajstić information content (AvgIpc) is 3.34. The summed E-state index contributed by atoms with van der Waals surface area (Å²) in [4.78, 5) is 49.9. The fourth-order valence-electron chi connectivity index (χ4n) is 6.99. The summed E-state index contributed by atoms with van der Waals surface area (Å²) in [5.41, 5.74) is 15.6. The molecule has 8 rings (SSSR count). The molecular weight excluding hydrogens is 916 g/mol. The number of nitrogens with two attached hydrogens (primary N) is 1. The number of aryl methyl sites for hydroxylation is 2. The zero-order valence-electron chi connectivity index (χ0n) is 38.8. The summed E-state index contributed by atoms with van der Waals surface area (Å²) in [7, 11) is 3.34. The predicted octanol–water partition coefficient (Wildman–Crippen LogP) is 9.04. The van der Waals surface area contributed by atoms with Crippen molar-refractivity contribution in [2.45, 2.75) is 39.8 Å². The molecule has 6 heterocycles. The molecule has 15 nitrogen and oxygen atoms in total. The smallest absolute Gasteiger partial charge is 0.335 e. The van der Waals surface area contributed by atoms with Crippen LogP contribution in [0.1, 0.15) is 65.7 Å². The third kappa shape index (κ3) is 15.7. The maximum atomic E-state index is 12.8. The summed E-state index contributed by atoms with van der Waals surface area (Å²) in [6.07, 6.45) is 7.59. The van der Waals surface area contributed by atoms with Gasteiger partial charge in [0.1, 0.15) is 11.6 Å². The third-order valence-electron chi connectivity index (χ3n) is 10.6. The number of rotatable bonds is 17. The number of benzene rings is 2. The lowest BCUT2D eigenvalue weighted by molar-refractivity contribution is 0.0696. The van der Waals surface area contributed by atoms with E-state index in [1.807, 2.05) is 92.7 Å². The number of nitrogens with zero attached hydrogens (tertiary/aromatic N) is 6. The quantitative estimate of drug-likeness (QED) is 0.0539. The van der Waals surface area contributed by atoms with Gasteiger partial charge in [0.2, 0.25) is 0 Å². The number of halogens is 2. The Labute approximate surface area is 410 Å². The first-order valence-corrected chi connectivity index (χ1v) is 22.7. The van der Waals surface area contributed by atoms with Crippen LogP contribution in [0.3, 0.4) is 0 Å². The van der Waals surface area contributed by atoms with Gasteiger partial charge >= 0.3 is 5.97 Å². The highest BCUT2D eigenvalue weighted by atomic mass is 35.5. The molecule has 0 saturated carbocycles. The molecule has 0 aliphatic rings. The second-order valence-electron chi connectivity index (χ2n) is 15.7. The molecule has 6 N–H and O–H groups in total. The van der Waals surface area contributed by atoms with E-state index in [0.29, 0.717) is 67.0 Å². The highest BCUT2D eigenvalue weighted by Gasteiger charge is 2.11. The van der Waals surface area contributed by atoms with Crippen molar-refractivity contribution in [3.63, 3.8) is 0 Å². The molecule has 0 bridgehead atoms. The van der Waals surface area contributed by atoms with Crippen molar-refractivity contribution >= 4 is 68.5 Å². The van der Waals surface area contributed by atoms with Crippen LogP contribution in [0.5, 0.6) is 0 Å². The lowest BCUT2D eigenvalue weighted by Crippen LogP contribution is -2.23. The first-order chi connectivity index (χ1) is 33.4. The van der Waals surface area contributed by atoms with Gasteiger partial charge in [-0.1, -0.05) is 47.5 Å². The Morgan fingerprint density at radius 1 is 0.623 bits per heavy atom. The minimum absolute atomic E-state index is 0.153. The molecule has 2 aromatic carbocycles. The van der Waals surface area contributed by atoms with E-state index >= 15 is 0 Å². The molecule has 0 aliphatic heterocycles. The Balaban J connectivity index is 0.000000189. The fraction of sp³-hybridized carbons (Fsp3) is 0.231. The van der Waals surface area contributed by atoms with Gasteiger partial charge < -0.3 is 36.3 Å². The second-order valence-corrected chi connectivity index (χ2v) is 16.6. The zero-order chi connectivity index (χ0) is 49.1. The van der Waals surface area contributed by atoms with E-state index in [0.717, 1.165) is 79.3 Å². The van der Waals surface area contributed by atoms with Gasteiger partial charge in [0.05, 0.1) is 39.9 Å². The molecule has 0 aliphatic carbocycles. The van der Waals surface area contributed by atoms with Gasteiger partial charge in [-0.05, 0) is 109 Å². The topological polar surface area (TPSA) is 212 Å². The van der Waals surface area contributed by atoms with Gasteiger partial charge in [-0.3, -0.25) is 24.7 Å². The number of carboxylic acids is 1. The summed E-state index contributed by atoms with van der Waals surface area (Å²) in [6, 6.07) is 30.1. The van der Waals surface area contributed by atoms with Gasteiger partial charge in [0.25, 0.3) is 5.91 Å². The van der Waals surface area contributed by atoms with Crippen LogP contribution in [-0.4, -0.2) is 87.4 Å². The molecular formula is C52H54Cl2N10O5. The van der Waals surface area contributed by atoms with Crippen LogP contribution < -0.4 is 21.7 Å². The number of aromatic nitrogens is 6. The van der Waals surface area contributed by atoms with Crippen LogP contribution in [0.15, 0.2) is 122 Å². The highest BCUT2D eigenvalue weighted by molar-refractivity contribution is 6.31. The number of nitrogens with one attached hydrogen (secondary N) is 3. The van der Waals surface area contributed by atoms with Crippen molar-refractivity contribution < 1.29 is 24.2 Å². The van der Waals surface area contributed by atoms with Crippen LogP contribution in [0.25, 0.3) is 21.8 Å². The summed E-state index contributed by atoms with van der Waals surface area (Å²) >= 11 is 12.0. The number of hydrogen-bond acceptors (Lipinski definition) is 13. The van der Waals surface area contributed by atoms with Gasteiger partial charge in [-0.2, -0.15) is 0 Å². The van der Waals surface area contributed by atoms with Crippen molar-refractivity contribution in [1.82, 2.24) is 35.2 Å². The number of carboxylic acid groups (broad SMARTS) is 1. The number of pyridine rings is 6. The minimum atomic E-state index is -0.951. The van der Waals surface area contributed by atoms with Crippen molar-refractivity contribution in [1.29, 1.82) is 0 Å². The van der Waals surface area contributed by atoms with Crippen LogP contribution in [0, 0.1) is 13.8 Å². The zero-order valence-corrected chi connectivity index (χ0v) is 40.3. The molecule has 69 heavy (non-hydrogen) atoms. The van der Waals surface area contributed by atoms with Crippen LogP contribution in [-0.2, 0) is 35.4 Å². The third-order valence-corrected chi connectivity index (χ3v) is 11.0. The van der Waals surface area contributed by atoms with Crippen molar-refractivity contribution in [3.05, 3.63) is 188 Å². The van der Waals surface area contributed by atoms with E-state index in [2.05, 4.69) is 45.9 Å². The Morgan fingerprint density at radius 2 is 1.12 bits per heavy atom. The molecule has 8 aromatic rings. The lowest BCUT2D eigenvalue weighted by Gasteiger charge is -2.11. The first-order valence-electron chi connectivity index (χ1n) is 22.0. The van der Waals surface area contributed by atoms with Crippen LogP contribution >= 0.6 is 23.2 Å². The Morgan fingerprint density at radius 3 is 1.59 bits per heavy atom. The predicted molar refractivity (Wildman–Crippen MR) is 272 cm³/mol. The molecule has 0 atom stereocenters. The molecule has 0 fully saturated rings. The first kappa shape index (κ1) is 51.3. The van der Waals surface area contributed by atoms with E-state index < -0.39 is 5.97 Å². The van der Waals surface area contributed by atoms with Crippen molar-refractivity contribution in [2.75, 3.05) is 51.2 Å². The number of fused-ring (bicyclic) bond motifs is 2. The van der Waals surface area contributed by atoms with Crippen molar-refractivity contribution in [2.24, 2.45) is 5.73 Å². The average molecular weight is 970 g/mol. The van der Waals surface area contributed by atoms with E-state index in [-0.39, 0.29) is 11.5 Å². The van der Waals surface area contributed by atoms with Gasteiger partial charge in [0.15, 0.2) is 0 Å². The van der Waals surface area contributed by atoms with Crippen molar-refractivity contribution in [3.8, 4) is 0 Å². The molecule has 1 amide bonds. The van der Waals surface area contributed by atoms with Gasteiger partial charge in [0, 0.05) is 117 Å². The molecule has 0 spiro atoms. The Kier molecular flexibility index (Phi) is 19.2. The summed E-state index contributed by atoms with van der Waals surface area (Å²) in [6.45, 7) is 7.57. The molecule has 0 unspecified atom stereocenters. The number of aromatic carboxylic acids is 1. The summed E-state index contributed by atoms with van der Waals surface area (Å²) in [5, 5.41) is 21.5. The molecule has 6 aromatic heterocycles. The van der Waals surface area contributed by atoms with E-state index in [4.69, 9.17) is 43.5 Å². The molecule has 17 heteroatoms. The summed E-state index contributed by atoms with van der Waals surface area (Å²) in [5.74, 6) is 0.555. The largest absolute Gasteiger partial charge is 0.478 e. The normalized spacial score (nSPS) is 10.7. The maximum Gasteiger partial charge on any atom is 0.335 e. The number of amides is 1. The standard InChI is InChI=1S/C26H26ClN5O2.C16H11ClN2O2.C10H17N3O/c1-17-20(4-6-25(32-17)29-9-10-34-2)15-31-26(33)19-7-8-28-23(14-19)12-18-3-5-24-21(11-18)13-22(27)16-30-24;17-13-7-12-5-10(1-2-15(12)19-9-13)6-14-8-11(16(20)21)3-4-18-14;1-8-9(7-11)3-4-10(13-8)12-5-6-14-2/h3-8,11,13-14,16H,9-10,12,15H2,1-2H3,(H,29,32)(H,31,33);1-5,7-9H,6H2,(H,20,21);3-4H,5-7,11H2,1-2H3,(H,12,13). The second kappa shape index (κ2) is 25.8. The summed E-state index contributed by atoms with van der Waals surface area (Å²) < 4.78 is 9.97. The SMILES string of the molecule is COCCNc1ccc(CN)c(C)n1.COCCNc1ccc(CNC(=O)c2ccnc(Cc3ccc4ncc(Cl)cc4c3)c2)c(C)n1.O=C(O)c1ccnc(Cc2ccc3ncc(Cl)cc3c2)c1. The number of hydrogen-bond donors (Lipinski definition) is 5. The van der Waals surface area contributed by atoms with Crippen LogP contribution in [0.4, 0.5) is 11.6 Å². The Bertz CT molecular complexity index is 3010. The number of ether oxygens (including phenoxy) is 2. The maximum absolute atomic E-state index is 12.8. The number of anilines is 2. The van der Waals surface area contributed by atoms with E-state index in [9.17, 15) is 9.59 Å².